The van der Waals surface area contributed by atoms with Crippen molar-refractivity contribution in [3.63, 3.8) is 0 Å². The second kappa shape index (κ2) is 4.13. The lowest BCUT2D eigenvalue weighted by Crippen LogP contribution is -1.95. The zero-order valence-electron chi connectivity index (χ0n) is 8.64. The van der Waals surface area contributed by atoms with Crippen molar-refractivity contribution < 1.29 is 0 Å². The fourth-order valence-electron chi connectivity index (χ4n) is 1.78. The molecule has 2 heterocycles. The van der Waals surface area contributed by atoms with Crippen molar-refractivity contribution in [3.05, 3.63) is 52.5 Å². The van der Waals surface area contributed by atoms with Crippen LogP contribution in [-0.4, -0.2) is 14.5 Å². The molecule has 0 N–H and O–H groups in total. The standard InChI is InChI=1S/C12H7BrClN3/c13-10-6-9-11(14)15-7-16-12(9)17(10)8-4-2-1-3-5-8/h1-7H. The topological polar surface area (TPSA) is 30.7 Å². The van der Waals surface area contributed by atoms with Crippen molar-refractivity contribution in [1.29, 1.82) is 0 Å². The van der Waals surface area contributed by atoms with Crippen LogP contribution < -0.4 is 0 Å². The van der Waals surface area contributed by atoms with Crippen LogP contribution >= 0.6 is 27.5 Å². The summed E-state index contributed by atoms with van der Waals surface area (Å²) in [7, 11) is 0. The van der Waals surface area contributed by atoms with Gasteiger partial charge in [-0.1, -0.05) is 29.8 Å². The van der Waals surface area contributed by atoms with Gasteiger partial charge in [-0.2, -0.15) is 0 Å². The summed E-state index contributed by atoms with van der Waals surface area (Å²) in [5.74, 6) is 0. The van der Waals surface area contributed by atoms with Gasteiger partial charge >= 0.3 is 0 Å². The van der Waals surface area contributed by atoms with Gasteiger partial charge in [0.25, 0.3) is 0 Å². The Kier molecular flexibility index (Phi) is 2.61. The maximum Gasteiger partial charge on any atom is 0.150 e. The highest BCUT2D eigenvalue weighted by molar-refractivity contribution is 9.10. The molecule has 2 aromatic heterocycles. The monoisotopic (exact) mass is 307 g/mol. The molecule has 0 atom stereocenters. The lowest BCUT2D eigenvalue weighted by Gasteiger charge is -2.05. The molecule has 84 valence electrons. The first-order chi connectivity index (χ1) is 8.27. The summed E-state index contributed by atoms with van der Waals surface area (Å²) in [4.78, 5) is 8.25. The van der Waals surface area contributed by atoms with E-state index in [1.807, 2.05) is 41.0 Å². The first kappa shape index (κ1) is 10.7. The fourth-order valence-corrected chi connectivity index (χ4v) is 2.56. The van der Waals surface area contributed by atoms with E-state index in [1.54, 1.807) is 0 Å². The molecule has 3 nitrogen and oxygen atoms in total. The SMILES string of the molecule is Clc1ncnc2c1cc(Br)n2-c1ccccc1. The molecule has 3 rings (SSSR count). The Labute approximate surface area is 111 Å². The first-order valence-electron chi connectivity index (χ1n) is 5.00. The Balaban J connectivity index is 2.37. The van der Waals surface area contributed by atoms with Crippen molar-refractivity contribution in [2.24, 2.45) is 0 Å². The zero-order valence-corrected chi connectivity index (χ0v) is 11.0. The first-order valence-corrected chi connectivity index (χ1v) is 6.17. The third-order valence-electron chi connectivity index (χ3n) is 2.52. The van der Waals surface area contributed by atoms with E-state index in [0.717, 1.165) is 21.3 Å². The number of rotatable bonds is 1. The Morgan fingerprint density at radius 2 is 1.88 bits per heavy atom. The van der Waals surface area contributed by atoms with Gasteiger partial charge in [0, 0.05) is 5.69 Å². The number of fused-ring (bicyclic) bond motifs is 1. The molecule has 0 spiro atoms. The van der Waals surface area contributed by atoms with Crippen LogP contribution in [-0.2, 0) is 0 Å². The van der Waals surface area contributed by atoms with Crippen LogP contribution in [0.1, 0.15) is 0 Å². The van der Waals surface area contributed by atoms with Gasteiger partial charge in [-0.05, 0) is 34.1 Å². The minimum Gasteiger partial charge on any atom is -0.288 e. The fraction of sp³-hybridized carbons (Fsp3) is 0. The van der Waals surface area contributed by atoms with Crippen molar-refractivity contribution >= 4 is 38.6 Å². The van der Waals surface area contributed by atoms with Gasteiger partial charge in [-0.3, -0.25) is 4.57 Å². The highest BCUT2D eigenvalue weighted by Crippen LogP contribution is 2.29. The van der Waals surface area contributed by atoms with E-state index in [-0.39, 0.29) is 0 Å². The lowest BCUT2D eigenvalue weighted by atomic mass is 10.3. The van der Waals surface area contributed by atoms with Gasteiger partial charge < -0.3 is 0 Å². The molecular formula is C12H7BrClN3. The van der Waals surface area contributed by atoms with Crippen LogP contribution in [0.3, 0.4) is 0 Å². The maximum absolute atomic E-state index is 6.04. The summed E-state index contributed by atoms with van der Waals surface area (Å²) < 4.78 is 2.89. The number of hydrogen-bond donors (Lipinski definition) is 0. The summed E-state index contributed by atoms with van der Waals surface area (Å²) in [5, 5.41) is 1.30. The molecule has 0 aliphatic heterocycles. The normalized spacial score (nSPS) is 10.9. The molecule has 0 aliphatic rings. The van der Waals surface area contributed by atoms with Crippen molar-refractivity contribution in [2.75, 3.05) is 0 Å². The molecule has 0 radical (unpaired) electrons. The van der Waals surface area contributed by atoms with Crippen molar-refractivity contribution in [3.8, 4) is 5.69 Å². The van der Waals surface area contributed by atoms with Crippen molar-refractivity contribution in [1.82, 2.24) is 14.5 Å². The summed E-state index contributed by atoms with van der Waals surface area (Å²) in [5.41, 5.74) is 1.83. The maximum atomic E-state index is 6.04. The average molecular weight is 309 g/mol. The van der Waals surface area contributed by atoms with Crippen LogP contribution in [0.5, 0.6) is 0 Å². The van der Waals surface area contributed by atoms with E-state index in [1.165, 1.54) is 6.33 Å². The van der Waals surface area contributed by atoms with Crippen molar-refractivity contribution in [2.45, 2.75) is 0 Å². The third-order valence-corrected chi connectivity index (χ3v) is 3.40. The third kappa shape index (κ3) is 1.73. The van der Waals surface area contributed by atoms with Gasteiger partial charge in [0.05, 0.1) is 9.99 Å². The highest BCUT2D eigenvalue weighted by Gasteiger charge is 2.12. The van der Waals surface area contributed by atoms with Gasteiger partial charge in [-0.15, -0.1) is 0 Å². The Morgan fingerprint density at radius 3 is 2.65 bits per heavy atom. The van der Waals surface area contributed by atoms with Gasteiger partial charge in [0.1, 0.15) is 17.1 Å². The summed E-state index contributed by atoms with van der Waals surface area (Å²) in [6, 6.07) is 11.9. The minimum atomic E-state index is 0.463. The second-order valence-electron chi connectivity index (χ2n) is 3.54. The Hall–Kier alpha value is -1.39. The molecule has 0 fully saturated rings. The molecule has 0 bridgehead atoms. The quantitative estimate of drug-likeness (QED) is 0.640. The summed E-state index contributed by atoms with van der Waals surface area (Å²) >= 11 is 9.56. The van der Waals surface area contributed by atoms with Crippen LogP contribution in [0, 0.1) is 0 Å². The molecule has 3 aromatic rings. The average Bonchev–Trinajstić information content (AvgIpc) is 2.68. The van der Waals surface area contributed by atoms with Crippen LogP contribution in [0.4, 0.5) is 0 Å². The lowest BCUT2D eigenvalue weighted by molar-refractivity contribution is 1.05. The van der Waals surface area contributed by atoms with Crippen LogP contribution in [0.2, 0.25) is 5.15 Å². The summed E-state index contributed by atoms with van der Waals surface area (Å²) in [6.45, 7) is 0. The van der Waals surface area contributed by atoms with E-state index in [4.69, 9.17) is 11.6 Å². The van der Waals surface area contributed by atoms with E-state index < -0.39 is 0 Å². The van der Waals surface area contributed by atoms with Crippen LogP contribution in [0.15, 0.2) is 47.3 Å². The summed E-state index contributed by atoms with van der Waals surface area (Å²) in [6.07, 6.45) is 1.47. The molecule has 5 heteroatoms. The Morgan fingerprint density at radius 1 is 1.12 bits per heavy atom. The molecule has 0 amide bonds. The molecular weight excluding hydrogens is 302 g/mol. The number of aromatic nitrogens is 3. The molecule has 1 aromatic carbocycles. The Bertz CT molecular complexity index is 679. The molecule has 0 saturated carbocycles. The van der Waals surface area contributed by atoms with Gasteiger partial charge in [0.15, 0.2) is 0 Å². The molecule has 0 unspecified atom stereocenters. The minimum absolute atomic E-state index is 0.463. The molecule has 17 heavy (non-hydrogen) atoms. The number of nitrogens with zero attached hydrogens (tertiary/aromatic N) is 3. The van der Waals surface area contributed by atoms with Crippen LogP contribution in [0.25, 0.3) is 16.7 Å². The predicted molar refractivity (Wildman–Crippen MR) is 71.6 cm³/mol. The smallest absolute Gasteiger partial charge is 0.150 e. The van der Waals surface area contributed by atoms with E-state index in [9.17, 15) is 0 Å². The largest absolute Gasteiger partial charge is 0.288 e. The predicted octanol–water partition coefficient (Wildman–Crippen LogP) is 3.84. The second-order valence-corrected chi connectivity index (χ2v) is 4.71. The molecule has 0 saturated heterocycles. The van der Waals surface area contributed by atoms with Gasteiger partial charge in [-0.25, -0.2) is 9.97 Å². The van der Waals surface area contributed by atoms with E-state index in [2.05, 4.69) is 25.9 Å². The van der Waals surface area contributed by atoms with Gasteiger partial charge in [0.2, 0.25) is 0 Å². The molecule has 0 aliphatic carbocycles. The highest BCUT2D eigenvalue weighted by atomic mass is 79.9. The van der Waals surface area contributed by atoms with E-state index in [0.29, 0.717) is 5.15 Å². The zero-order chi connectivity index (χ0) is 11.8. The van der Waals surface area contributed by atoms with E-state index >= 15 is 0 Å². The number of halogens is 2. The number of hydrogen-bond acceptors (Lipinski definition) is 2. The number of benzene rings is 1. The number of para-hydroxylation sites is 1.